The molecule has 0 spiro atoms. The molecule has 5 heteroatoms. The lowest BCUT2D eigenvalue weighted by atomic mass is 10.3. The second-order valence-electron chi connectivity index (χ2n) is 4.33. The van der Waals surface area contributed by atoms with Gasteiger partial charge in [-0.05, 0) is 55.0 Å². The third kappa shape index (κ3) is 5.44. The van der Waals surface area contributed by atoms with Crippen molar-refractivity contribution < 1.29 is 18.7 Å². The Balaban J connectivity index is 1.67. The van der Waals surface area contributed by atoms with Crippen LogP contribution >= 0.6 is 11.6 Å². The van der Waals surface area contributed by atoms with Crippen LogP contribution in [-0.4, -0.2) is 12.6 Å². The van der Waals surface area contributed by atoms with Crippen LogP contribution in [0, 0.1) is 5.82 Å². The Bertz CT molecular complexity index is 581. The highest BCUT2D eigenvalue weighted by atomic mass is 35.5. The van der Waals surface area contributed by atoms with Gasteiger partial charge in [-0.15, -0.1) is 0 Å². The molecule has 2 aromatic carbocycles. The van der Waals surface area contributed by atoms with Gasteiger partial charge in [-0.3, -0.25) is 4.79 Å². The number of halogens is 2. The standard InChI is InChI=1S/C16H14ClFO3/c17-12-3-7-14(8-4-12)20-11-1-2-16(19)21-15-9-5-13(18)6-10-15/h3-10H,1-2,11H2. The van der Waals surface area contributed by atoms with Crippen LogP contribution in [0.4, 0.5) is 4.39 Å². The third-order valence-electron chi connectivity index (χ3n) is 2.65. The first-order valence-corrected chi connectivity index (χ1v) is 6.86. The van der Waals surface area contributed by atoms with Gasteiger partial charge in [0.2, 0.25) is 0 Å². The van der Waals surface area contributed by atoms with E-state index < -0.39 is 0 Å². The van der Waals surface area contributed by atoms with Crippen molar-refractivity contribution in [3.8, 4) is 11.5 Å². The van der Waals surface area contributed by atoms with E-state index in [-0.39, 0.29) is 18.2 Å². The maximum Gasteiger partial charge on any atom is 0.311 e. The summed E-state index contributed by atoms with van der Waals surface area (Å²) < 4.78 is 23.2. The molecule has 3 nitrogen and oxygen atoms in total. The maximum absolute atomic E-state index is 12.7. The van der Waals surface area contributed by atoms with Crippen LogP contribution in [0.2, 0.25) is 5.02 Å². The molecular weight excluding hydrogens is 295 g/mol. The topological polar surface area (TPSA) is 35.5 Å². The van der Waals surface area contributed by atoms with E-state index in [1.165, 1.54) is 24.3 Å². The zero-order chi connectivity index (χ0) is 15.1. The van der Waals surface area contributed by atoms with Crippen LogP contribution in [0.25, 0.3) is 0 Å². The van der Waals surface area contributed by atoms with E-state index in [1.54, 1.807) is 24.3 Å². The Labute approximate surface area is 127 Å². The molecule has 0 bridgehead atoms. The molecule has 0 atom stereocenters. The van der Waals surface area contributed by atoms with E-state index in [2.05, 4.69) is 0 Å². The van der Waals surface area contributed by atoms with E-state index in [0.717, 1.165) is 0 Å². The number of ether oxygens (including phenoxy) is 2. The largest absolute Gasteiger partial charge is 0.494 e. The molecule has 0 aliphatic heterocycles. The summed E-state index contributed by atoms with van der Waals surface area (Å²) in [6, 6.07) is 12.3. The van der Waals surface area contributed by atoms with Crippen LogP contribution in [0.1, 0.15) is 12.8 Å². The fourth-order valence-electron chi connectivity index (χ4n) is 1.62. The number of hydrogen-bond donors (Lipinski definition) is 0. The summed E-state index contributed by atoms with van der Waals surface area (Å²) in [5.74, 6) is 0.291. The molecule has 0 radical (unpaired) electrons. The molecule has 21 heavy (non-hydrogen) atoms. The smallest absolute Gasteiger partial charge is 0.311 e. The van der Waals surface area contributed by atoms with Crippen LogP contribution in [0.5, 0.6) is 11.5 Å². The van der Waals surface area contributed by atoms with E-state index >= 15 is 0 Å². The molecule has 110 valence electrons. The van der Waals surface area contributed by atoms with Gasteiger partial charge in [0.15, 0.2) is 0 Å². The van der Waals surface area contributed by atoms with E-state index in [0.29, 0.717) is 29.5 Å². The predicted molar refractivity (Wildman–Crippen MR) is 78.2 cm³/mol. The van der Waals surface area contributed by atoms with Gasteiger partial charge < -0.3 is 9.47 Å². The lowest BCUT2D eigenvalue weighted by Crippen LogP contribution is -2.09. The monoisotopic (exact) mass is 308 g/mol. The summed E-state index contributed by atoms with van der Waals surface area (Å²) in [6.45, 7) is 0.403. The van der Waals surface area contributed by atoms with Crippen molar-refractivity contribution in [1.29, 1.82) is 0 Å². The maximum atomic E-state index is 12.7. The normalized spacial score (nSPS) is 10.2. The van der Waals surface area contributed by atoms with Gasteiger partial charge >= 0.3 is 5.97 Å². The molecule has 2 rings (SSSR count). The molecule has 0 heterocycles. The lowest BCUT2D eigenvalue weighted by Gasteiger charge is -2.06. The van der Waals surface area contributed by atoms with Gasteiger partial charge in [0.05, 0.1) is 6.61 Å². The van der Waals surface area contributed by atoms with E-state index in [1.807, 2.05) is 0 Å². The number of benzene rings is 2. The second kappa shape index (κ2) is 7.64. The summed E-state index contributed by atoms with van der Waals surface area (Å²) in [7, 11) is 0. The first-order valence-electron chi connectivity index (χ1n) is 6.48. The highest BCUT2D eigenvalue weighted by molar-refractivity contribution is 6.30. The second-order valence-corrected chi connectivity index (χ2v) is 4.77. The zero-order valence-corrected chi connectivity index (χ0v) is 12.0. The Kier molecular flexibility index (Phi) is 5.58. The minimum atomic E-state index is -0.374. The van der Waals surface area contributed by atoms with Crippen LogP contribution in [0.3, 0.4) is 0 Å². The first-order chi connectivity index (χ1) is 10.1. The molecule has 0 N–H and O–H groups in total. The van der Waals surface area contributed by atoms with Gasteiger partial charge in [-0.25, -0.2) is 4.39 Å². The van der Waals surface area contributed by atoms with Crippen molar-refractivity contribution in [1.82, 2.24) is 0 Å². The average Bonchev–Trinajstić information content (AvgIpc) is 2.48. The molecule has 0 aliphatic carbocycles. The number of hydrogen-bond acceptors (Lipinski definition) is 3. The van der Waals surface area contributed by atoms with Crippen LogP contribution < -0.4 is 9.47 Å². The molecule has 0 saturated heterocycles. The summed E-state index contributed by atoms with van der Waals surface area (Å²) in [5, 5.41) is 0.644. The fourth-order valence-corrected chi connectivity index (χ4v) is 1.75. The van der Waals surface area contributed by atoms with Crippen molar-refractivity contribution in [3.05, 3.63) is 59.4 Å². The van der Waals surface area contributed by atoms with Crippen molar-refractivity contribution in [3.63, 3.8) is 0 Å². The van der Waals surface area contributed by atoms with E-state index in [9.17, 15) is 9.18 Å². The number of rotatable bonds is 6. The van der Waals surface area contributed by atoms with Crippen molar-refractivity contribution in [2.24, 2.45) is 0 Å². The molecule has 2 aromatic rings. The minimum Gasteiger partial charge on any atom is -0.494 e. The van der Waals surface area contributed by atoms with Crippen molar-refractivity contribution >= 4 is 17.6 Å². The first kappa shape index (κ1) is 15.3. The minimum absolute atomic E-state index is 0.227. The highest BCUT2D eigenvalue weighted by Gasteiger charge is 2.05. The SMILES string of the molecule is O=C(CCCOc1ccc(Cl)cc1)Oc1ccc(F)cc1. The number of carbonyl (C=O) groups excluding carboxylic acids is 1. The molecule has 0 unspecified atom stereocenters. The summed E-state index contributed by atoms with van der Waals surface area (Å²) in [6.07, 6.45) is 0.758. The summed E-state index contributed by atoms with van der Waals surface area (Å²) in [4.78, 5) is 11.6. The zero-order valence-electron chi connectivity index (χ0n) is 11.2. The quantitative estimate of drug-likeness (QED) is 0.455. The summed E-state index contributed by atoms with van der Waals surface area (Å²) in [5.41, 5.74) is 0. The van der Waals surface area contributed by atoms with Crippen LogP contribution in [-0.2, 0) is 4.79 Å². The van der Waals surface area contributed by atoms with Gasteiger partial charge in [0.25, 0.3) is 0 Å². The predicted octanol–water partition coefficient (Wildman–Crippen LogP) is 4.24. The van der Waals surface area contributed by atoms with Crippen LogP contribution in [0.15, 0.2) is 48.5 Å². The van der Waals surface area contributed by atoms with Gasteiger partial charge in [-0.2, -0.15) is 0 Å². The lowest BCUT2D eigenvalue weighted by molar-refractivity contribution is -0.134. The molecule has 0 aromatic heterocycles. The number of esters is 1. The summed E-state index contributed by atoms with van der Waals surface area (Å²) >= 11 is 5.76. The highest BCUT2D eigenvalue weighted by Crippen LogP contribution is 2.16. The van der Waals surface area contributed by atoms with Gasteiger partial charge in [0, 0.05) is 11.4 Å². The molecule has 0 fully saturated rings. The Hall–Kier alpha value is -2.07. The average molecular weight is 309 g/mol. The van der Waals surface area contributed by atoms with E-state index in [4.69, 9.17) is 21.1 Å². The molecule has 0 aliphatic rings. The Morgan fingerprint density at radius 1 is 1.00 bits per heavy atom. The van der Waals surface area contributed by atoms with Gasteiger partial charge in [0.1, 0.15) is 17.3 Å². The Morgan fingerprint density at radius 2 is 1.62 bits per heavy atom. The van der Waals surface area contributed by atoms with Gasteiger partial charge in [-0.1, -0.05) is 11.6 Å². The Morgan fingerprint density at radius 3 is 2.29 bits per heavy atom. The fraction of sp³-hybridized carbons (Fsp3) is 0.188. The third-order valence-corrected chi connectivity index (χ3v) is 2.90. The van der Waals surface area contributed by atoms with Crippen molar-refractivity contribution in [2.45, 2.75) is 12.8 Å². The number of carbonyl (C=O) groups is 1. The molecule has 0 saturated carbocycles. The molecule has 0 amide bonds. The van der Waals surface area contributed by atoms with Crippen molar-refractivity contribution in [2.75, 3.05) is 6.61 Å². The molecular formula is C16H14ClFO3.